The summed E-state index contributed by atoms with van der Waals surface area (Å²) in [6.45, 7) is 2.03. The minimum absolute atomic E-state index is 0.0222. The van der Waals surface area contributed by atoms with Crippen LogP contribution in [0.3, 0.4) is 0 Å². The Morgan fingerprint density at radius 2 is 2.13 bits per heavy atom. The molecule has 154 valence electrons. The summed E-state index contributed by atoms with van der Waals surface area (Å²) in [6, 6.07) is 9.24. The van der Waals surface area contributed by atoms with Gasteiger partial charge in [0.25, 0.3) is 0 Å². The summed E-state index contributed by atoms with van der Waals surface area (Å²) in [5, 5.41) is 13.5. The molecule has 3 heterocycles. The van der Waals surface area contributed by atoms with Crippen molar-refractivity contribution in [1.82, 2.24) is 25.1 Å². The molecule has 0 radical (unpaired) electrons. The first-order chi connectivity index (χ1) is 14.6. The van der Waals surface area contributed by atoms with Crippen molar-refractivity contribution < 1.29 is 4.79 Å². The van der Waals surface area contributed by atoms with Crippen LogP contribution in [-0.4, -0.2) is 37.5 Å². The number of anilines is 3. The lowest BCUT2D eigenvalue weighted by Crippen LogP contribution is -2.16. The fourth-order valence-corrected chi connectivity index (χ4v) is 2.96. The van der Waals surface area contributed by atoms with Gasteiger partial charge in [-0.15, -0.1) is 0 Å². The van der Waals surface area contributed by atoms with Gasteiger partial charge in [0, 0.05) is 41.7 Å². The molecule has 5 N–H and O–H groups in total. The Kier molecular flexibility index (Phi) is 5.69. The van der Waals surface area contributed by atoms with E-state index in [1.807, 2.05) is 25.1 Å². The number of carbonyl (C=O) groups excluding carboxylic acids is 1. The van der Waals surface area contributed by atoms with Crippen molar-refractivity contribution in [3.8, 4) is 0 Å². The molecule has 3 aromatic heterocycles. The molecule has 0 aliphatic heterocycles. The van der Waals surface area contributed by atoms with Crippen LogP contribution in [0.5, 0.6) is 0 Å². The van der Waals surface area contributed by atoms with Crippen molar-refractivity contribution in [2.24, 2.45) is 5.73 Å². The fraction of sp³-hybridized carbons (Fsp3) is 0.286. The number of rotatable bonds is 9. The van der Waals surface area contributed by atoms with Gasteiger partial charge in [0.15, 0.2) is 11.6 Å². The standard InChI is InChI=1S/C21H24N8O/c1-2-14-9-19(26-20-11-18(28-29-20)13-6-7-13)27-21(25-14)24-12-15(30)10-16(22)17-5-3-4-8-23-17/h3-5,8-11,13H,2,6-7,12,22H2,1H3,(H3,24,25,26,27,28,29). The first-order valence-corrected chi connectivity index (χ1v) is 9.96. The number of nitrogens with one attached hydrogen (secondary N) is 3. The number of aromatic amines is 1. The molecule has 9 heteroatoms. The van der Waals surface area contributed by atoms with Crippen LogP contribution in [0, 0.1) is 0 Å². The molecular weight excluding hydrogens is 380 g/mol. The van der Waals surface area contributed by atoms with E-state index in [0.717, 1.165) is 17.8 Å². The third kappa shape index (κ3) is 4.99. The number of carbonyl (C=O) groups is 1. The van der Waals surface area contributed by atoms with E-state index in [1.165, 1.54) is 18.9 Å². The summed E-state index contributed by atoms with van der Waals surface area (Å²) in [5.41, 5.74) is 8.82. The first kappa shape index (κ1) is 19.6. The highest BCUT2D eigenvalue weighted by molar-refractivity contribution is 5.98. The number of nitrogens with two attached hydrogens (primary N) is 1. The molecule has 1 saturated carbocycles. The van der Waals surface area contributed by atoms with Gasteiger partial charge in [-0.1, -0.05) is 13.0 Å². The molecule has 1 aliphatic rings. The van der Waals surface area contributed by atoms with Gasteiger partial charge in [-0.25, -0.2) is 4.98 Å². The smallest absolute Gasteiger partial charge is 0.225 e. The molecule has 0 saturated heterocycles. The van der Waals surface area contributed by atoms with Gasteiger partial charge in [0.2, 0.25) is 5.95 Å². The summed E-state index contributed by atoms with van der Waals surface area (Å²) in [5.74, 6) is 2.10. The van der Waals surface area contributed by atoms with Gasteiger partial charge in [0.05, 0.1) is 17.9 Å². The van der Waals surface area contributed by atoms with E-state index in [9.17, 15) is 4.79 Å². The maximum Gasteiger partial charge on any atom is 0.225 e. The van der Waals surface area contributed by atoms with Crippen LogP contribution < -0.4 is 16.4 Å². The zero-order chi connectivity index (χ0) is 20.9. The zero-order valence-electron chi connectivity index (χ0n) is 16.7. The lowest BCUT2D eigenvalue weighted by atomic mass is 10.2. The summed E-state index contributed by atoms with van der Waals surface area (Å²) >= 11 is 0. The predicted molar refractivity (Wildman–Crippen MR) is 115 cm³/mol. The number of H-pyrrole nitrogens is 1. The van der Waals surface area contributed by atoms with Gasteiger partial charge >= 0.3 is 0 Å². The molecule has 1 aliphatic carbocycles. The lowest BCUT2D eigenvalue weighted by molar-refractivity contribution is -0.113. The molecule has 0 amide bonds. The first-order valence-electron chi connectivity index (χ1n) is 9.96. The van der Waals surface area contributed by atoms with Gasteiger partial charge in [-0.05, 0) is 31.4 Å². The average Bonchev–Trinajstić information content (AvgIpc) is 3.52. The quantitative estimate of drug-likeness (QED) is 0.400. The molecule has 0 spiro atoms. The maximum absolute atomic E-state index is 12.3. The van der Waals surface area contributed by atoms with Crippen molar-refractivity contribution in [3.05, 3.63) is 59.7 Å². The Balaban J connectivity index is 1.41. The predicted octanol–water partition coefficient (Wildman–Crippen LogP) is 2.76. The van der Waals surface area contributed by atoms with Crippen LogP contribution in [0.1, 0.15) is 42.8 Å². The minimum Gasteiger partial charge on any atom is -0.397 e. The molecule has 0 atom stereocenters. The number of aromatic nitrogens is 5. The van der Waals surface area contributed by atoms with E-state index >= 15 is 0 Å². The Bertz CT molecular complexity index is 1060. The second-order valence-corrected chi connectivity index (χ2v) is 7.16. The van der Waals surface area contributed by atoms with E-state index < -0.39 is 0 Å². The Labute approximate surface area is 174 Å². The summed E-state index contributed by atoms with van der Waals surface area (Å²) in [6.07, 6.45) is 6.14. The number of pyridine rings is 1. The highest BCUT2D eigenvalue weighted by Gasteiger charge is 2.25. The van der Waals surface area contributed by atoms with Crippen molar-refractivity contribution in [1.29, 1.82) is 0 Å². The number of hydrogen-bond acceptors (Lipinski definition) is 8. The molecule has 0 aromatic carbocycles. The Hall–Kier alpha value is -3.75. The van der Waals surface area contributed by atoms with Gasteiger partial charge in [0.1, 0.15) is 5.82 Å². The number of aryl methyl sites for hydroxylation is 1. The van der Waals surface area contributed by atoms with E-state index in [4.69, 9.17) is 5.73 Å². The molecule has 4 rings (SSSR count). The molecule has 1 fully saturated rings. The third-order valence-corrected chi connectivity index (χ3v) is 4.71. The number of ketones is 1. The molecular formula is C21H24N8O. The summed E-state index contributed by atoms with van der Waals surface area (Å²) in [7, 11) is 0. The van der Waals surface area contributed by atoms with Crippen molar-refractivity contribution in [2.45, 2.75) is 32.1 Å². The second kappa shape index (κ2) is 8.73. The van der Waals surface area contributed by atoms with Gasteiger partial charge in [-0.2, -0.15) is 10.1 Å². The summed E-state index contributed by atoms with van der Waals surface area (Å²) in [4.78, 5) is 25.3. The second-order valence-electron chi connectivity index (χ2n) is 7.16. The fourth-order valence-electron chi connectivity index (χ4n) is 2.96. The highest BCUT2D eigenvalue weighted by Crippen LogP contribution is 2.39. The molecule has 0 unspecified atom stereocenters. The van der Waals surface area contributed by atoms with Gasteiger partial charge in [-0.3, -0.25) is 14.9 Å². The van der Waals surface area contributed by atoms with Crippen molar-refractivity contribution >= 4 is 29.1 Å². The van der Waals surface area contributed by atoms with Gasteiger partial charge < -0.3 is 16.4 Å². The number of hydrogen-bond donors (Lipinski definition) is 4. The molecule has 30 heavy (non-hydrogen) atoms. The Morgan fingerprint density at radius 3 is 2.87 bits per heavy atom. The van der Waals surface area contributed by atoms with Crippen molar-refractivity contribution in [3.63, 3.8) is 0 Å². The monoisotopic (exact) mass is 404 g/mol. The minimum atomic E-state index is -0.195. The van der Waals surface area contributed by atoms with Crippen LogP contribution in [0.15, 0.2) is 42.6 Å². The largest absolute Gasteiger partial charge is 0.397 e. The van der Waals surface area contributed by atoms with E-state index in [-0.39, 0.29) is 12.3 Å². The zero-order valence-corrected chi connectivity index (χ0v) is 16.7. The highest BCUT2D eigenvalue weighted by atomic mass is 16.1. The van der Waals surface area contributed by atoms with Crippen LogP contribution in [0.2, 0.25) is 0 Å². The topological polar surface area (TPSA) is 134 Å². The van der Waals surface area contributed by atoms with Crippen LogP contribution in [0.4, 0.5) is 17.6 Å². The molecule has 9 nitrogen and oxygen atoms in total. The van der Waals surface area contributed by atoms with Crippen LogP contribution in [-0.2, 0) is 11.2 Å². The number of nitrogens with zero attached hydrogens (tertiary/aromatic N) is 4. The normalized spacial score (nSPS) is 13.8. The average molecular weight is 404 g/mol. The lowest BCUT2D eigenvalue weighted by Gasteiger charge is -2.09. The van der Waals surface area contributed by atoms with E-state index in [2.05, 4.69) is 35.8 Å². The Morgan fingerprint density at radius 1 is 1.27 bits per heavy atom. The van der Waals surface area contributed by atoms with E-state index in [1.54, 1.807) is 18.3 Å². The SMILES string of the molecule is CCc1cc(Nc2cc(C3CC3)[nH]n2)nc(NCC(=O)C=C(N)c2ccccn2)n1. The van der Waals surface area contributed by atoms with Crippen molar-refractivity contribution in [2.75, 3.05) is 17.2 Å². The molecule has 0 bridgehead atoms. The van der Waals surface area contributed by atoms with Crippen LogP contribution >= 0.6 is 0 Å². The van der Waals surface area contributed by atoms with E-state index in [0.29, 0.717) is 34.9 Å². The maximum atomic E-state index is 12.3. The molecule has 3 aromatic rings. The van der Waals surface area contributed by atoms with Crippen LogP contribution in [0.25, 0.3) is 5.70 Å². The summed E-state index contributed by atoms with van der Waals surface area (Å²) < 4.78 is 0. The third-order valence-electron chi connectivity index (χ3n) is 4.71.